The van der Waals surface area contributed by atoms with E-state index in [9.17, 15) is 4.79 Å². The van der Waals surface area contributed by atoms with Gasteiger partial charge in [0.2, 0.25) is 0 Å². The van der Waals surface area contributed by atoms with Crippen LogP contribution in [0.5, 0.6) is 0 Å². The Morgan fingerprint density at radius 3 is 3.25 bits per heavy atom. The molecule has 2 aromatic heterocycles. The van der Waals surface area contributed by atoms with E-state index < -0.39 is 0 Å². The number of hydrogen-bond acceptors (Lipinski definition) is 4. The summed E-state index contributed by atoms with van der Waals surface area (Å²) in [5, 5.41) is 0.566. The van der Waals surface area contributed by atoms with Crippen LogP contribution in [-0.4, -0.2) is 36.8 Å². The monoisotopic (exact) mass is 288 g/mol. The Morgan fingerprint density at radius 1 is 1.55 bits per heavy atom. The van der Waals surface area contributed by atoms with Crippen LogP contribution in [0.4, 0.5) is 0 Å². The maximum atomic E-state index is 12.5. The average Bonchev–Trinajstić information content (AvgIpc) is 3.15. The summed E-state index contributed by atoms with van der Waals surface area (Å²) < 4.78 is 5.30. The molecule has 102 valence electrons. The van der Waals surface area contributed by atoms with E-state index in [1.54, 1.807) is 23.6 Å². The zero-order valence-electron chi connectivity index (χ0n) is 10.6. The lowest BCUT2D eigenvalue weighted by molar-refractivity contribution is -0.128. The Bertz CT molecular complexity index is 640. The van der Waals surface area contributed by atoms with E-state index in [1.165, 1.54) is 0 Å². The summed E-state index contributed by atoms with van der Waals surface area (Å²) in [5.74, 6) is 0.761. The molecule has 0 aliphatic carbocycles. The Labute approximate surface area is 120 Å². The number of nitrogens with one attached hydrogen (secondary N) is 1. The van der Waals surface area contributed by atoms with Gasteiger partial charge in [-0.1, -0.05) is 0 Å². The first-order valence-electron chi connectivity index (χ1n) is 6.39. The van der Waals surface area contributed by atoms with Crippen molar-refractivity contribution in [2.45, 2.75) is 25.6 Å². The highest BCUT2D eigenvalue weighted by molar-refractivity contribution is 7.80. The number of imidazole rings is 1. The van der Waals surface area contributed by atoms with Crippen molar-refractivity contribution in [3.05, 3.63) is 41.9 Å². The van der Waals surface area contributed by atoms with E-state index in [0.717, 1.165) is 17.1 Å². The van der Waals surface area contributed by atoms with Gasteiger partial charge in [-0.05, 0) is 24.4 Å². The summed E-state index contributed by atoms with van der Waals surface area (Å²) in [6, 6.07) is 3.42. The second kappa shape index (κ2) is 4.17. The number of H-pyrrole nitrogens is 1. The molecule has 1 atom stereocenters. The van der Waals surface area contributed by atoms with Crippen LogP contribution in [0.15, 0.2) is 29.1 Å². The number of carbonyl (C=O) groups is 1. The maximum Gasteiger partial charge on any atom is 0.252 e. The fourth-order valence-electron chi connectivity index (χ4n) is 2.79. The van der Waals surface area contributed by atoms with Gasteiger partial charge in [-0.3, -0.25) is 9.69 Å². The molecule has 2 aromatic rings. The Hall–Kier alpha value is -2.15. The minimum atomic E-state index is -0.228. The Morgan fingerprint density at radius 2 is 2.45 bits per heavy atom. The molecule has 1 unspecified atom stereocenters. The summed E-state index contributed by atoms with van der Waals surface area (Å²) in [5.41, 5.74) is 2.00. The molecule has 2 aliphatic heterocycles. The number of aromatic amines is 1. The van der Waals surface area contributed by atoms with Gasteiger partial charge in [-0.15, -0.1) is 0 Å². The first-order chi connectivity index (χ1) is 9.74. The van der Waals surface area contributed by atoms with Gasteiger partial charge in [-0.2, -0.15) is 0 Å². The van der Waals surface area contributed by atoms with Crippen LogP contribution < -0.4 is 0 Å². The van der Waals surface area contributed by atoms with Gasteiger partial charge in [0.1, 0.15) is 11.8 Å². The van der Waals surface area contributed by atoms with Crippen molar-refractivity contribution in [2.24, 2.45) is 0 Å². The van der Waals surface area contributed by atoms with Crippen LogP contribution in [0.25, 0.3) is 0 Å². The summed E-state index contributed by atoms with van der Waals surface area (Å²) in [4.78, 5) is 23.5. The maximum absolute atomic E-state index is 12.5. The van der Waals surface area contributed by atoms with Crippen molar-refractivity contribution in [1.82, 2.24) is 19.8 Å². The van der Waals surface area contributed by atoms with Gasteiger partial charge < -0.3 is 14.3 Å². The fraction of sp³-hybridized carbons (Fsp3) is 0.308. The van der Waals surface area contributed by atoms with Crippen molar-refractivity contribution in [2.75, 3.05) is 0 Å². The molecule has 1 amide bonds. The predicted molar refractivity (Wildman–Crippen MR) is 73.5 cm³/mol. The number of amides is 1. The minimum Gasteiger partial charge on any atom is -0.467 e. The highest BCUT2D eigenvalue weighted by Gasteiger charge is 2.45. The quantitative estimate of drug-likeness (QED) is 0.837. The fourth-order valence-corrected chi connectivity index (χ4v) is 3.14. The van der Waals surface area contributed by atoms with Crippen molar-refractivity contribution >= 4 is 23.2 Å². The molecule has 4 rings (SSSR count). The van der Waals surface area contributed by atoms with E-state index in [4.69, 9.17) is 16.6 Å². The van der Waals surface area contributed by atoms with Gasteiger partial charge in [0, 0.05) is 6.42 Å². The predicted octanol–water partition coefficient (Wildman–Crippen LogP) is 1.06. The molecule has 7 heteroatoms. The summed E-state index contributed by atoms with van der Waals surface area (Å²) in [6.45, 7) is 0.998. The molecule has 1 N–H and O–H groups in total. The number of furan rings is 1. The van der Waals surface area contributed by atoms with Crippen molar-refractivity contribution in [3.63, 3.8) is 0 Å². The first-order valence-corrected chi connectivity index (χ1v) is 6.80. The van der Waals surface area contributed by atoms with E-state index in [1.807, 2.05) is 11.0 Å². The largest absolute Gasteiger partial charge is 0.467 e. The minimum absolute atomic E-state index is 0.0278. The second-order valence-corrected chi connectivity index (χ2v) is 5.33. The molecule has 1 fully saturated rings. The molecule has 20 heavy (non-hydrogen) atoms. The summed E-state index contributed by atoms with van der Waals surface area (Å²) >= 11 is 5.45. The van der Waals surface area contributed by atoms with Crippen molar-refractivity contribution in [3.8, 4) is 0 Å². The van der Waals surface area contributed by atoms with Crippen LogP contribution in [-0.2, 0) is 24.3 Å². The number of hydrogen-bond donors (Lipinski definition) is 1. The Balaban J connectivity index is 1.62. The van der Waals surface area contributed by atoms with E-state index in [0.29, 0.717) is 24.6 Å². The van der Waals surface area contributed by atoms with Gasteiger partial charge in [0.05, 0.1) is 37.1 Å². The number of carbonyl (C=O) groups excluding carboxylic acids is 1. The molecular formula is C13H12N4O2S. The number of nitrogens with zero attached hydrogens (tertiary/aromatic N) is 3. The van der Waals surface area contributed by atoms with E-state index >= 15 is 0 Å². The molecule has 1 saturated heterocycles. The van der Waals surface area contributed by atoms with Crippen molar-refractivity contribution < 1.29 is 9.21 Å². The number of fused-ring (bicyclic) bond motifs is 2. The second-order valence-electron chi connectivity index (χ2n) is 4.96. The average molecular weight is 288 g/mol. The van der Waals surface area contributed by atoms with E-state index in [2.05, 4.69) is 9.97 Å². The van der Waals surface area contributed by atoms with Gasteiger partial charge in [-0.25, -0.2) is 4.98 Å². The SMILES string of the molecule is O=C1C2Cc3nc[nH]c3CN2C(=S)N1Cc1ccco1. The number of rotatable bonds is 2. The number of thiocarbonyl (C=S) groups is 1. The molecule has 0 aromatic carbocycles. The summed E-state index contributed by atoms with van der Waals surface area (Å²) in [7, 11) is 0. The lowest BCUT2D eigenvalue weighted by atomic mass is 10.0. The van der Waals surface area contributed by atoms with Gasteiger partial charge in [0.25, 0.3) is 5.91 Å². The third kappa shape index (κ3) is 1.59. The lowest BCUT2D eigenvalue weighted by Gasteiger charge is -2.27. The van der Waals surface area contributed by atoms with Crippen LogP contribution in [0.2, 0.25) is 0 Å². The molecule has 0 radical (unpaired) electrons. The zero-order chi connectivity index (χ0) is 13.7. The highest BCUT2D eigenvalue weighted by Crippen LogP contribution is 2.29. The standard InChI is InChI=1S/C13H12N4O2S/c18-12-11-4-9-10(15-7-14-9)6-16(11)13(20)17(12)5-8-2-1-3-19-8/h1-3,7,11H,4-6H2,(H,14,15). The molecule has 0 spiro atoms. The molecule has 2 aliphatic rings. The van der Waals surface area contributed by atoms with Gasteiger partial charge >= 0.3 is 0 Å². The normalized spacial score (nSPS) is 21.3. The van der Waals surface area contributed by atoms with Crippen LogP contribution in [0.1, 0.15) is 17.1 Å². The highest BCUT2D eigenvalue weighted by atomic mass is 32.1. The first kappa shape index (κ1) is 11.7. The van der Waals surface area contributed by atoms with Crippen LogP contribution >= 0.6 is 12.2 Å². The lowest BCUT2D eigenvalue weighted by Crippen LogP contribution is -2.40. The van der Waals surface area contributed by atoms with Crippen molar-refractivity contribution in [1.29, 1.82) is 0 Å². The third-order valence-corrected chi connectivity index (χ3v) is 4.28. The van der Waals surface area contributed by atoms with Crippen LogP contribution in [0.3, 0.4) is 0 Å². The molecule has 6 nitrogen and oxygen atoms in total. The van der Waals surface area contributed by atoms with Gasteiger partial charge in [0.15, 0.2) is 5.11 Å². The molecule has 0 bridgehead atoms. The third-order valence-electron chi connectivity index (χ3n) is 3.82. The van der Waals surface area contributed by atoms with Crippen LogP contribution in [0, 0.1) is 0 Å². The topological polar surface area (TPSA) is 65.4 Å². The Kier molecular flexibility index (Phi) is 2.43. The molecule has 0 saturated carbocycles. The smallest absolute Gasteiger partial charge is 0.252 e. The summed E-state index contributed by atoms with van der Waals surface area (Å²) in [6.07, 6.45) is 3.87. The molecular weight excluding hydrogens is 276 g/mol. The number of aromatic nitrogens is 2. The zero-order valence-corrected chi connectivity index (χ0v) is 11.4. The van der Waals surface area contributed by atoms with E-state index in [-0.39, 0.29) is 11.9 Å². The molecule has 4 heterocycles.